The zero-order chi connectivity index (χ0) is 46.9. The average molecular weight is 893 g/mol. The lowest BCUT2D eigenvalue weighted by Gasteiger charge is -2.24. The molecule has 0 bridgehead atoms. The van der Waals surface area contributed by atoms with E-state index in [1.54, 1.807) is 6.08 Å². The predicted octanol–water partition coefficient (Wildman–Crippen LogP) is 10.6. The molecular formula is C54H92N4O6. The summed E-state index contributed by atoms with van der Waals surface area (Å²) in [4.78, 5) is 23.8. The van der Waals surface area contributed by atoms with Crippen molar-refractivity contribution in [2.45, 2.75) is 206 Å². The highest BCUT2D eigenvalue weighted by Crippen LogP contribution is 2.22. The average Bonchev–Trinajstić information content (AvgIpc) is 3.29. The quantitative estimate of drug-likeness (QED) is 0.0285. The number of rotatable bonds is 39. The number of nitrogens with one attached hydrogen (secondary N) is 2. The van der Waals surface area contributed by atoms with E-state index < -0.39 is 12.2 Å². The van der Waals surface area contributed by atoms with Gasteiger partial charge < -0.3 is 41.8 Å². The first-order chi connectivity index (χ1) is 31.2. The van der Waals surface area contributed by atoms with E-state index in [1.807, 2.05) is 48.5 Å². The van der Waals surface area contributed by atoms with Crippen LogP contribution >= 0.6 is 0 Å². The summed E-state index contributed by atoms with van der Waals surface area (Å²) in [5.74, 6) is 1.75. The molecule has 10 heteroatoms. The Labute approximate surface area is 389 Å². The van der Waals surface area contributed by atoms with Crippen molar-refractivity contribution in [1.29, 1.82) is 0 Å². The Morgan fingerprint density at radius 3 is 1.42 bits per heavy atom. The van der Waals surface area contributed by atoms with Crippen molar-refractivity contribution in [3.05, 3.63) is 84.5 Å². The van der Waals surface area contributed by atoms with Gasteiger partial charge in [0.25, 0.3) is 0 Å². The number of aliphatic hydroxyl groups is 2. The van der Waals surface area contributed by atoms with Gasteiger partial charge in [0.1, 0.15) is 23.7 Å². The Balaban J connectivity index is 0.000000812. The van der Waals surface area contributed by atoms with E-state index in [1.165, 1.54) is 30.4 Å². The van der Waals surface area contributed by atoms with Crippen LogP contribution in [0.25, 0.3) is 0 Å². The third-order valence-corrected chi connectivity index (χ3v) is 11.3. The Hall–Kier alpha value is -3.70. The van der Waals surface area contributed by atoms with Crippen LogP contribution in [0, 0.1) is 0 Å². The standard InChI is InChI=1S/C36H63N3O4.C18H29NO2/c1-3-5-7-12-17-21-35(41)38-29-30-39-36(42)22-18-14-11-9-8-10-13-16-19-33(40)34(20-15-6-4-2)43-32-25-23-31(24-26-32)27-28-37;1-3-5-6-8-18(17(20)7-4-2)21-16-11-9-15(10-12-16)13-14-19/h13,16,23-26,33-34,40H,3-12,14-15,17-22,27-30,37H2,1-2H3,(H,38,41)(H,39,42);4,9-12,17-18,20H,2-3,5-8,13-14,19H2,1H3. The summed E-state index contributed by atoms with van der Waals surface area (Å²) in [5, 5.41) is 26.8. The van der Waals surface area contributed by atoms with Crippen molar-refractivity contribution in [3.8, 4) is 11.5 Å². The molecule has 10 nitrogen and oxygen atoms in total. The van der Waals surface area contributed by atoms with Crippen LogP contribution in [-0.4, -0.2) is 72.6 Å². The number of amides is 2. The molecule has 0 aliphatic heterocycles. The van der Waals surface area contributed by atoms with Crippen LogP contribution in [0.1, 0.15) is 180 Å². The number of ether oxygens (including phenoxy) is 2. The molecule has 2 rings (SSSR count). The van der Waals surface area contributed by atoms with Crippen molar-refractivity contribution < 1.29 is 29.3 Å². The van der Waals surface area contributed by atoms with Gasteiger partial charge in [0.15, 0.2) is 0 Å². The minimum absolute atomic E-state index is 0.0656. The molecule has 2 aromatic carbocycles. The summed E-state index contributed by atoms with van der Waals surface area (Å²) in [6, 6.07) is 16.0. The monoisotopic (exact) mass is 893 g/mol. The molecule has 2 aromatic rings. The molecule has 364 valence electrons. The van der Waals surface area contributed by atoms with Crippen LogP contribution in [0.4, 0.5) is 0 Å². The molecule has 0 aliphatic rings. The molecule has 8 N–H and O–H groups in total. The Bertz CT molecular complexity index is 1440. The molecule has 2 amide bonds. The zero-order valence-corrected chi connectivity index (χ0v) is 40.6. The Morgan fingerprint density at radius 1 is 0.578 bits per heavy atom. The first-order valence-electron chi connectivity index (χ1n) is 25.3. The van der Waals surface area contributed by atoms with Crippen molar-refractivity contribution in [3.63, 3.8) is 0 Å². The van der Waals surface area contributed by atoms with Gasteiger partial charge in [0.2, 0.25) is 11.8 Å². The van der Waals surface area contributed by atoms with Crippen LogP contribution in [0.5, 0.6) is 11.5 Å². The second-order valence-corrected chi connectivity index (χ2v) is 17.2. The lowest BCUT2D eigenvalue weighted by molar-refractivity contribution is -0.123. The summed E-state index contributed by atoms with van der Waals surface area (Å²) < 4.78 is 12.2. The number of hydrogen-bond acceptors (Lipinski definition) is 8. The van der Waals surface area contributed by atoms with Crippen LogP contribution in [-0.2, 0) is 22.4 Å². The maximum absolute atomic E-state index is 12.0. The maximum Gasteiger partial charge on any atom is 0.220 e. The van der Waals surface area contributed by atoms with Crippen molar-refractivity contribution in [2.75, 3.05) is 26.2 Å². The first kappa shape index (κ1) is 58.3. The topological polar surface area (TPSA) is 169 Å². The van der Waals surface area contributed by atoms with E-state index in [9.17, 15) is 19.8 Å². The number of allylic oxidation sites excluding steroid dienone is 1. The van der Waals surface area contributed by atoms with Gasteiger partial charge in [-0.1, -0.05) is 134 Å². The summed E-state index contributed by atoms with van der Waals surface area (Å²) in [7, 11) is 0. The van der Waals surface area contributed by atoms with Crippen molar-refractivity contribution in [1.82, 2.24) is 10.6 Å². The van der Waals surface area contributed by atoms with Gasteiger partial charge in [0.05, 0.1) is 12.2 Å². The third-order valence-electron chi connectivity index (χ3n) is 11.3. The van der Waals surface area contributed by atoms with E-state index in [4.69, 9.17) is 20.9 Å². The number of aliphatic hydroxyl groups excluding tert-OH is 2. The smallest absolute Gasteiger partial charge is 0.220 e. The van der Waals surface area contributed by atoms with Crippen LogP contribution in [0.2, 0.25) is 0 Å². The predicted molar refractivity (Wildman–Crippen MR) is 268 cm³/mol. The summed E-state index contributed by atoms with van der Waals surface area (Å²) in [6.45, 7) is 12.5. The summed E-state index contributed by atoms with van der Waals surface area (Å²) >= 11 is 0. The Morgan fingerprint density at radius 2 is 0.984 bits per heavy atom. The number of benzene rings is 2. The van der Waals surface area contributed by atoms with Gasteiger partial charge in [-0.2, -0.15) is 0 Å². The van der Waals surface area contributed by atoms with E-state index in [0.29, 0.717) is 51.9 Å². The largest absolute Gasteiger partial charge is 0.488 e. The van der Waals surface area contributed by atoms with E-state index in [2.05, 4.69) is 50.1 Å². The van der Waals surface area contributed by atoms with Gasteiger partial charge in [-0.15, -0.1) is 6.58 Å². The van der Waals surface area contributed by atoms with E-state index >= 15 is 0 Å². The molecule has 0 saturated carbocycles. The van der Waals surface area contributed by atoms with Gasteiger partial charge in [-0.05, 0) is 126 Å². The van der Waals surface area contributed by atoms with Crippen molar-refractivity contribution >= 4 is 11.8 Å². The highest BCUT2D eigenvalue weighted by atomic mass is 16.5. The molecule has 64 heavy (non-hydrogen) atoms. The molecule has 0 fully saturated rings. The number of carbonyl (C=O) groups excluding carboxylic acids is 2. The Kier molecular flexibility index (Phi) is 37.2. The second kappa shape index (κ2) is 40.8. The SMILES string of the molecule is C=CCC(O)C(CCCCC)Oc1ccc(CCN)cc1.CCCCCCCC(=O)NCCNC(=O)CCCCCCCC=CCC(O)C(CCCCC)Oc1ccc(CCN)cc1. The van der Waals surface area contributed by atoms with Crippen LogP contribution in [0.15, 0.2) is 73.3 Å². The van der Waals surface area contributed by atoms with Gasteiger partial charge in [-0.3, -0.25) is 9.59 Å². The van der Waals surface area contributed by atoms with Gasteiger partial charge in [0, 0.05) is 25.9 Å². The lowest BCUT2D eigenvalue weighted by Crippen LogP contribution is -2.34. The number of carbonyl (C=O) groups is 2. The molecule has 0 spiro atoms. The highest BCUT2D eigenvalue weighted by molar-refractivity contribution is 5.77. The zero-order valence-electron chi connectivity index (χ0n) is 40.6. The minimum atomic E-state index is -0.528. The fraction of sp³-hybridized carbons (Fsp3) is 0.667. The van der Waals surface area contributed by atoms with E-state index in [0.717, 1.165) is 127 Å². The molecule has 4 atom stereocenters. The van der Waals surface area contributed by atoms with Crippen LogP contribution in [0.3, 0.4) is 0 Å². The minimum Gasteiger partial charge on any atom is -0.488 e. The van der Waals surface area contributed by atoms with Crippen molar-refractivity contribution in [2.24, 2.45) is 11.5 Å². The van der Waals surface area contributed by atoms with Gasteiger partial charge in [-0.25, -0.2) is 0 Å². The molecular weight excluding hydrogens is 801 g/mol. The summed E-state index contributed by atoms with van der Waals surface area (Å²) in [5.41, 5.74) is 13.6. The maximum atomic E-state index is 12.0. The molecule has 0 heterocycles. The third kappa shape index (κ3) is 31.2. The van der Waals surface area contributed by atoms with E-state index in [-0.39, 0.29) is 24.0 Å². The number of nitrogens with two attached hydrogens (primary N) is 2. The first-order valence-corrected chi connectivity index (χ1v) is 25.3. The fourth-order valence-electron chi connectivity index (χ4n) is 7.38. The molecule has 0 radical (unpaired) electrons. The van der Waals surface area contributed by atoms with Crippen LogP contribution < -0.4 is 31.6 Å². The molecule has 0 aliphatic carbocycles. The second-order valence-electron chi connectivity index (χ2n) is 17.2. The fourth-order valence-corrected chi connectivity index (χ4v) is 7.38. The number of unbranched alkanes of at least 4 members (excludes halogenated alkanes) is 13. The lowest BCUT2D eigenvalue weighted by atomic mass is 10.0. The number of hydrogen-bond donors (Lipinski definition) is 6. The highest BCUT2D eigenvalue weighted by Gasteiger charge is 2.21. The molecule has 4 unspecified atom stereocenters. The normalized spacial score (nSPS) is 13.0. The molecule has 0 saturated heterocycles. The van der Waals surface area contributed by atoms with Gasteiger partial charge >= 0.3 is 0 Å². The molecule has 0 aromatic heterocycles. The summed E-state index contributed by atoms with van der Waals surface area (Å²) in [6.07, 6.45) is 29.1.